The van der Waals surface area contributed by atoms with Gasteiger partial charge >= 0.3 is 0 Å². The predicted octanol–water partition coefficient (Wildman–Crippen LogP) is 4.29. The molecule has 0 amide bonds. The lowest BCUT2D eigenvalue weighted by atomic mass is 9.87. The Kier molecular flexibility index (Phi) is 5.09. The summed E-state index contributed by atoms with van der Waals surface area (Å²) in [5, 5.41) is 0.483. The minimum absolute atomic E-state index is 0.103. The van der Waals surface area contributed by atoms with Crippen LogP contribution in [-0.2, 0) is 0 Å². The lowest BCUT2D eigenvalue weighted by Gasteiger charge is -2.30. The lowest BCUT2D eigenvalue weighted by molar-refractivity contribution is 0.252. The zero-order chi connectivity index (χ0) is 19.7. The van der Waals surface area contributed by atoms with Crippen molar-refractivity contribution in [1.82, 2.24) is 4.90 Å². The van der Waals surface area contributed by atoms with E-state index in [0.29, 0.717) is 28.2 Å². The largest absolute Gasteiger partial charge is 0.496 e. The standard InChI is InChI=1S/C23H25NO4/c1-24-11-9-16(10-12-24)21-19(26-2)14-20(27-3)22-17(25)13-18(28-23(21)22)15-7-5-4-6-8-15/h4-8,13-14,16H,9-12H2,1-3H3. The van der Waals surface area contributed by atoms with Crippen molar-refractivity contribution < 1.29 is 13.9 Å². The number of benzene rings is 2. The summed E-state index contributed by atoms with van der Waals surface area (Å²) in [5.74, 6) is 2.03. The van der Waals surface area contributed by atoms with Crippen LogP contribution < -0.4 is 14.9 Å². The van der Waals surface area contributed by atoms with Gasteiger partial charge in [0.2, 0.25) is 0 Å². The molecule has 1 aromatic heterocycles. The van der Waals surface area contributed by atoms with Gasteiger partial charge in [0, 0.05) is 23.3 Å². The van der Waals surface area contributed by atoms with Crippen LogP contribution in [0, 0.1) is 0 Å². The summed E-state index contributed by atoms with van der Waals surface area (Å²) in [6.07, 6.45) is 1.99. The molecule has 1 fully saturated rings. The summed E-state index contributed by atoms with van der Waals surface area (Å²) in [6, 6.07) is 13.1. The average Bonchev–Trinajstić information content (AvgIpc) is 2.73. The Balaban J connectivity index is 2.00. The zero-order valence-corrected chi connectivity index (χ0v) is 16.5. The lowest BCUT2D eigenvalue weighted by Crippen LogP contribution is -2.29. The van der Waals surface area contributed by atoms with Crippen molar-refractivity contribution in [3.05, 3.63) is 58.3 Å². The van der Waals surface area contributed by atoms with E-state index >= 15 is 0 Å². The summed E-state index contributed by atoms with van der Waals surface area (Å²) in [6.45, 7) is 2.01. The van der Waals surface area contributed by atoms with Crippen LogP contribution in [0.15, 0.2) is 51.7 Å². The number of likely N-dealkylation sites (tertiary alicyclic amines) is 1. The molecule has 28 heavy (non-hydrogen) atoms. The second kappa shape index (κ2) is 7.68. The minimum Gasteiger partial charge on any atom is -0.496 e. The Bertz CT molecular complexity index is 1030. The zero-order valence-electron chi connectivity index (χ0n) is 16.5. The van der Waals surface area contributed by atoms with E-state index in [2.05, 4.69) is 11.9 Å². The van der Waals surface area contributed by atoms with E-state index in [1.54, 1.807) is 20.3 Å². The maximum atomic E-state index is 13.1. The molecule has 4 rings (SSSR count). The van der Waals surface area contributed by atoms with Crippen LogP contribution in [0.25, 0.3) is 22.3 Å². The van der Waals surface area contributed by atoms with Crippen LogP contribution in [0.3, 0.4) is 0 Å². The average molecular weight is 379 g/mol. The normalized spacial score (nSPS) is 15.7. The maximum absolute atomic E-state index is 13.1. The summed E-state index contributed by atoms with van der Waals surface area (Å²) in [5.41, 5.74) is 2.32. The molecule has 0 radical (unpaired) electrons. The van der Waals surface area contributed by atoms with Crippen LogP contribution in [-0.4, -0.2) is 39.3 Å². The maximum Gasteiger partial charge on any atom is 0.197 e. The number of fused-ring (bicyclic) bond motifs is 1. The molecule has 1 aliphatic heterocycles. The smallest absolute Gasteiger partial charge is 0.197 e. The van der Waals surface area contributed by atoms with E-state index < -0.39 is 0 Å². The van der Waals surface area contributed by atoms with Crippen LogP contribution in [0.2, 0.25) is 0 Å². The fourth-order valence-corrected chi connectivity index (χ4v) is 4.06. The van der Waals surface area contributed by atoms with E-state index in [-0.39, 0.29) is 11.3 Å². The van der Waals surface area contributed by atoms with Crippen molar-refractivity contribution in [2.75, 3.05) is 34.4 Å². The highest BCUT2D eigenvalue weighted by molar-refractivity contribution is 5.90. The van der Waals surface area contributed by atoms with Crippen molar-refractivity contribution in [2.45, 2.75) is 18.8 Å². The summed E-state index contributed by atoms with van der Waals surface area (Å²) < 4.78 is 17.6. The van der Waals surface area contributed by atoms with Gasteiger partial charge in [-0.3, -0.25) is 4.79 Å². The van der Waals surface area contributed by atoms with E-state index in [4.69, 9.17) is 13.9 Å². The number of hydrogen-bond donors (Lipinski definition) is 0. The summed E-state index contributed by atoms with van der Waals surface area (Å²) in [4.78, 5) is 15.4. The molecule has 5 heteroatoms. The highest BCUT2D eigenvalue weighted by atomic mass is 16.5. The van der Waals surface area contributed by atoms with Crippen molar-refractivity contribution in [2.24, 2.45) is 0 Å². The van der Waals surface area contributed by atoms with E-state index in [1.165, 1.54) is 0 Å². The molecule has 0 saturated carbocycles. The fraction of sp³-hybridized carbons (Fsp3) is 0.348. The highest BCUT2D eigenvalue weighted by Gasteiger charge is 2.28. The Morgan fingerprint density at radius 2 is 1.68 bits per heavy atom. The molecule has 0 unspecified atom stereocenters. The summed E-state index contributed by atoms with van der Waals surface area (Å²) in [7, 11) is 5.35. The van der Waals surface area contributed by atoms with Gasteiger partial charge in [-0.2, -0.15) is 0 Å². The third-order valence-corrected chi connectivity index (χ3v) is 5.59. The molecule has 146 valence electrons. The number of piperidine rings is 1. The Morgan fingerprint density at radius 3 is 2.32 bits per heavy atom. The number of hydrogen-bond acceptors (Lipinski definition) is 5. The number of nitrogens with zero attached hydrogens (tertiary/aromatic N) is 1. The Hall–Kier alpha value is -2.79. The van der Waals surface area contributed by atoms with Crippen molar-refractivity contribution >= 4 is 11.0 Å². The van der Waals surface area contributed by atoms with Gasteiger partial charge in [-0.15, -0.1) is 0 Å². The SMILES string of the molecule is COc1cc(OC)c2c(=O)cc(-c3ccccc3)oc2c1C1CCN(C)CC1. The topological polar surface area (TPSA) is 51.9 Å². The first-order chi connectivity index (χ1) is 13.6. The molecule has 0 atom stereocenters. The highest BCUT2D eigenvalue weighted by Crippen LogP contribution is 2.43. The molecule has 0 bridgehead atoms. The molecule has 1 saturated heterocycles. The van der Waals surface area contributed by atoms with Crippen LogP contribution in [0.1, 0.15) is 24.3 Å². The van der Waals surface area contributed by atoms with Gasteiger partial charge in [0.1, 0.15) is 28.2 Å². The van der Waals surface area contributed by atoms with E-state index in [1.807, 2.05) is 36.4 Å². The molecular weight excluding hydrogens is 354 g/mol. The fourth-order valence-electron chi connectivity index (χ4n) is 4.06. The molecular formula is C23H25NO4. The second-order valence-electron chi connectivity index (χ2n) is 7.32. The molecule has 0 spiro atoms. The molecule has 2 aromatic carbocycles. The molecule has 3 aromatic rings. The van der Waals surface area contributed by atoms with Crippen LogP contribution in [0.5, 0.6) is 11.5 Å². The minimum atomic E-state index is -0.103. The molecule has 5 nitrogen and oxygen atoms in total. The van der Waals surface area contributed by atoms with Gasteiger partial charge in [-0.05, 0) is 38.9 Å². The van der Waals surface area contributed by atoms with E-state index in [9.17, 15) is 4.79 Å². The third kappa shape index (κ3) is 3.27. The third-order valence-electron chi connectivity index (χ3n) is 5.59. The molecule has 2 heterocycles. The quantitative estimate of drug-likeness (QED) is 0.677. The Labute approximate surface area is 164 Å². The first-order valence-electron chi connectivity index (χ1n) is 9.59. The van der Waals surface area contributed by atoms with Crippen molar-refractivity contribution in [1.29, 1.82) is 0 Å². The van der Waals surface area contributed by atoms with Gasteiger partial charge in [0.05, 0.1) is 14.2 Å². The van der Waals surface area contributed by atoms with E-state index in [0.717, 1.165) is 37.1 Å². The van der Waals surface area contributed by atoms with Crippen LogP contribution in [0.4, 0.5) is 0 Å². The van der Waals surface area contributed by atoms with Crippen molar-refractivity contribution in [3.8, 4) is 22.8 Å². The first kappa shape index (κ1) is 18.6. The first-order valence-corrected chi connectivity index (χ1v) is 9.59. The monoisotopic (exact) mass is 379 g/mol. The molecule has 1 aliphatic rings. The number of methoxy groups -OCH3 is 2. The molecule has 0 aliphatic carbocycles. The number of ether oxygens (including phenoxy) is 2. The van der Waals surface area contributed by atoms with Gasteiger partial charge in [-0.1, -0.05) is 30.3 Å². The summed E-state index contributed by atoms with van der Waals surface area (Å²) >= 11 is 0. The Morgan fingerprint density at radius 1 is 1.00 bits per heavy atom. The second-order valence-corrected chi connectivity index (χ2v) is 7.32. The van der Waals surface area contributed by atoms with Gasteiger partial charge in [0.25, 0.3) is 0 Å². The number of rotatable bonds is 4. The van der Waals surface area contributed by atoms with Gasteiger partial charge in [0.15, 0.2) is 5.43 Å². The molecule has 0 N–H and O–H groups in total. The van der Waals surface area contributed by atoms with Crippen LogP contribution >= 0.6 is 0 Å². The van der Waals surface area contributed by atoms with Gasteiger partial charge < -0.3 is 18.8 Å². The predicted molar refractivity (Wildman–Crippen MR) is 110 cm³/mol. The van der Waals surface area contributed by atoms with Crippen molar-refractivity contribution in [3.63, 3.8) is 0 Å². The van der Waals surface area contributed by atoms with Gasteiger partial charge in [-0.25, -0.2) is 0 Å².